The molecule has 0 spiro atoms. The molecule has 1 aromatic heterocycles. The van der Waals surface area contributed by atoms with Gasteiger partial charge in [0.25, 0.3) is 0 Å². The second kappa shape index (κ2) is 6.47. The highest BCUT2D eigenvalue weighted by Gasteiger charge is 2.21. The zero-order chi connectivity index (χ0) is 17.3. The van der Waals surface area contributed by atoms with Gasteiger partial charge in [-0.2, -0.15) is 5.10 Å². The zero-order valence-corrected chi connectivity index (χ0v) is 14.2. The third-order valence-corrected chi connectivity index (χ3v) is 4.21. The molecule has 1 aliphatic heterocycles. The van der Waals surface area contributed by atoms with Gasteiger partial charge in [-0.1, -0.05) is 13.0 Å². The first-order chi connectivity index (χ1) is 11.5. The van der Waals surface area contributed by atoms with E-state index in [1.165, 1.54) is 0 Å². The largest absolute Gasteiger partial charge is 0.423 e. The minimum atomic E-state index is -0.422. The number of amides is 1. The summed E-state index contributed by atoms with van der Waals surface area (Å²) in [4.78, 5) is 24.0. The van der Waals surface area contributed by atoms with Crippen LogP contribution in [-0.4, -0.2) is 21.7 Å². The Labute approximate surface area is 140 Å². The number of rotatable bonds is 4. The summed E-state index contributed by atoms with van der Waals surface area (Å²) in [6.45, 7) is 6.52. The number of carbonyl (C=O) groups excluding carboxylic acids is 2. The van der Waals surface area contributed by atoms with Gasteiger partial charge in [0.05, 0.1) is 11.4 Å². The van der Waals surface area contributed by atoms with Gasteiger partial charge in [0, 0.05) is 24.7 Å². The molecule has 1 amide bonds. The number of hydrogen-bond acceptors (Lipinski definition) is 4. The van der Waals surface area contributed by atoms with Crippen molar-refractivity contribution in [2.75, 3.05) is 5.32 Å². The molecule has 2 aromatic rings. The fraction of sp³-hybridized carbons (Fsp3) is 0.389. The van der Waals surface area contributed by atoms with Gasteiger partial charge in [-0.3, -0.25) is 9.48 Å². The standard InChI is InChI=1S/C18H21N3O3/c1-4-9-21-12(3)17(11(2)20-21)18(23)24-14-7-5-13-6-8-16(22)19-15(13)10-14/h5,7,10H,4,6,8-9H2,1-3H3,(H,19,22). The summed E-state index contributed by atoms with van der Waals surface area (Å²) in [5.41, 5.74) is 3.75. The average molecular weight is 327 g/mol. The predicted molar refractivity (Wildman–Crippen MR) is 90.3 cm³/mol. The molecule has 0 aliphatic carbocycles. The van der Waals surface area contributed by atoms with Crippen molar-refractivity contribution in [3.8, 4) is 5.75 Å². The highest BCUT2D eigenvalue weighted by Crippen LogP contribution is 2.28. The molecule has 0 radical (unpaired) electrons. The van der Waals surface area contributed by atoms with Crippen LogP contribution in [0.15, 0.2) is 18.2 Å². The number of nitrogens with one attached hydrogen (secondary N) is 1. The topological polar surface area (TPSA) is 73.2 Å². The fourth-order valence-electron chi connectivity index (χ4n) is 2.99. The second-order valence-corrected chi connectivity index (χ2v) is 6.03. The smallest absolute Gasteiger partial charge is 0.347 e. The highest BCUT2D eigenvalue weighted by molar-refractivity contribution is 5.95. The lowest BCUT2D eigenvalue weighted by Crippen LogP contribution is -2.19. The Morgan fingerprint density at radius 2 is 2.12 bits per heavy atom. The number of fused-ring (bicyclic) bond motifs is 1. The number of anilines is 1. The van der Waals surface area contributed by atoms with Gasteiger partial charge in [0.15, 0.2) is 0 Å². The van der Waals surface area contributed by atoms with Crippen LogP contribution < -0.4 is 10.1 Å². The molecule has 0 saturated heterocycles. The molecule has 0 atom stereocenters. The number of aryl methyl sites for hydroxylation is 3. The summed E-state index contributed by atoms with van der Waals surface area (Å²) < 4.78 is 7.34. The van der Waals surface area contributed by atoms with Crippen molar-refractivity contribution >= 4 is 17.6 Å². The van der Waals surface area contributed by atoms with Gasteiger partial charge in [-0.05, 0) is 38.3 Å². The maximum atomic E-state index is 12.5. The van der Waals surface area contributed by atoms with Crippen molar-refractivity contribution in [3.05, 3.63) is 40.7 Å². The fourth-order valence-corrected chi connectivity index (χ4v) is 2.99. The molecule has 2 heterocycles. The lowest BCUT2D eigenvalue weighted by molar-refractivity contribution is -0.116. The summed E-state index contributed by atoms with van der Waals surface area (Å²) in [6.07, 6.45) is 2.14. The summed E-state index contributed by atoms with van der Waals surface area (Å²) in [7, 11) is 0. The molecule has 0 bridgehead atoms. The van der Waals surface area contributed by atoms with Gasteiger partial charge in [-0.25, -0.2) is 4.79 Å². The first-order valence-electron chi connectivity index (χ1n) is 8.18. The van der Waals surface area contributed by atoms with Gasteiger partial charge >= 0.3 is 5.97 Å². The molecule has 0 fully saturated rings. The maximum absolute atomic E-state index is 12.5. The number of esters is 1. The van der Waals surface area contributed by atoms with Crippen LogP contribution >= 0.6 is 0 Å². The Bertz CT molecular complexity index is 808. The zero-order valence-electron chi connectivity index (χ0n) is 14.2. The van der Waals surface area contributed by atoms with Crippen molar-refractivity contribution in [1.82, 2.24) is 9.78 Å². The maximum Gasteiger partial charge on any atom is 0.347 e. The monoisotopic (exact) mass is 327 g/mol. The number of aromatic nitrogens is 2. The molecule has 1 aliphatic rings. The van der Waals surface area contributed by atoms with Crippen LogP contribution in [0.25, 0.3) is 0 Å². The Kier molecular flexibility index (Phi) is 4.38. The average Bonchev–Trinajstić information content (AvgIpc) is 2.81. The molecule has 1 N–H and O–H groups in total. The molecular weight excluding hydrogens is 306 g/mol. The lowest BCUT2D eigenvalue weighted by atomic mass is 10.0. The van der Waals surface area contributed by atoms with E-state index in [9.17, 15) is 9.59 Å². The first-order valence-corrected chi connectivity index (χ1v) is 8.18. The van der Waals surface area contributed by atoms with Crippen molar-refractivity contribution < 1.29 is 14.3 Å². The number of benzene rings is 1. The van der Waals surface area contributed by atoms with Crippen molar-refractivity contribution in [3.63, 3.8) is 0 Å². The van der Waals surface area contributed by atoms with Gasteiger partial charge in [0.2, 0.25) is 5.91 Å². The van der Waals surface area contributed by atoms with Crippen molar-refractivity contribution in [2.24, 2.45) is 0 Å². The highest BCUT2D eigenvalue weighted by atomic mass is 16.5. The predicted octanol–water partition coefficient (Wildman–Crippen LogP) is 3.01. The van der Waals surface area contributed by atoms with Crippen molar-refractivity contribution in [2.45, 2.75) is 46.6 Å². The summed E-state index contributed by atoms with van der Waals surface area (Å²) in [6, 6.07) is 5.35. The quantitative estimate of drug-likeness (QED) is 0.692. The van der Waals surface area contributed by atoms with E-state index in [1.807, 2.05) is 24.6 Å². The molecule has 3 rings (SSSR count). The van der Waals surface area contributed by atoms with E-state index < -0.39 is 5.97 Å². The minimum absolute atomic E-state index is 0.0153. The summed E-state index contributed by atoms with van der Waals surface area (Å²) in [5, 5.41) is 7.21. The van der Waals surface area contributed by atoms with E-state index in [4.69, 9.17) is 4.74 Å². The SMILES string of the molecule is CCCn1nc(C)c(C(=O)Oc2ccc3c(c2)NC(=O)CC3)c1C. The molecule has 6 heteroatoms. The normalized spacial score (nSPS) is 13.4. The van der Waals surface area contributed by atoms with E-state index in [0.29, 0.717) is 35.5 Å². The Balaban J connectivity index is 1.83. The molecule has 126 valence electrons. The van der Waals surface area contributed by atoms with Gasteiger partial charge in [0.1, 0.15) is 11.3 Å². The van der Waals surface area contributed by atoms with E-state index in [0.717, 1.165) is 24.2 Å². The molecule has 6 nitrogen and oxygen atoms in total. The van der Waals surface area contributed by atoms with E-state index in [1.54, 1.807) is 12.1 Å². The lowest BCUT2D eigenvalue weighted by Gasteiger charge is -2.17. The minimum Gasteiger partial charge on any atom is -0.423 e. The molecule has 24 heavy (non-hydrogen) atoms. The van der Waals surface area contributed by atoms with Crippen LogP contribution in [0.4, 0.5) is 5.69 Å². The van der Waals surface area contributed by atoms with Crippen molar-refractivity contribution in [1.29, 1.82) is 0 Å². The number of hydrogen-bond donors (Lipinski definition) is 1. The molecule has 1 aromatic carbocycles. The van der Waals surface area contributed by atoms with Gasteiger partial charge in [-0.15, -0.1) is 0 Å². The van der Waals surface area contributed by atoms with E-state index in [-0.39, 0.29) is 5.91 Å². The third-order valence-electron chi connectivity index (χ3n) is 4.21. The number of carbonyl (C=O) groups is 2. The second-order valence-electron chi connectivity index (χ2n) is 6.03. The number of nitrogens with zero attached hydrogens (tertiary/aromatic N) is 2. The summed E-state index contributed by atoms with van der Waals surface area (Å²) >= 11 is 0. The van der Waals surface area contributed by atoms with Crippen LogP contribution in [0, 0.1) is 13.8 Å². The van der Waals surface area contributed by atoms with Crippen LogP contribution in [0.3, 0.4) is 0 Å². The number of ether oxygens (including phenoxy) is 1. The Morgan fingerprint density at radius 3 is 2.88 bits per heavy atom. The van der Waals surface area contributed by atoms with Crippen LogP contribution in [0.5, 0.6) is 5.75 Å². The van der Waals surface area contributed by atoms with E-state index >= 15 is 0 Å². The van der Waals surface area contributed by atoms with Gasteiger partial charge < -0.3 is 10.1 Å². The molecular formula is C18H21N3O3. The van der Waals surface area contributed by atoms with Crippen LogP contribution in [-0.2, 0) is 17.8 Å². The first kappa shape index (κ1) is 16.2. The Hall–Kier alpha value is -2.63. The molecule has 0 unspecified atom stereocenters. The molecule has 0 saturated carbocycles. The Morgan fingerprint density at radius 1 is 1.33 bits per heavy atom. The third kappa shape index (κ3) is 3.04. The van der Waals surface area contributed by atoms with E-state index in [2.05, 4.69) is 17.3 Å². The van der Waals surface area contributed by atoms with Crippen LogP contribution in [0.2, 0.25) is 0 Å². The van der Waals surface area contributed by atoms with Crippen LogP contribution in [0.1, 0.15) is 47.1 Å². The summed E-state index contributed by atoms with van der Waals surface area (Å²) in [5.74, 6) is -0.0177.